The minimum Gasteiger partial charge on any atom is -0.497 e. The van der Waals surface area contributed by atoms with Crippen molar-refractivity contribution in [1.82, 2.24) is 19.6 Å². The molecule has 1 N–H and O–H groups in total. The lowest BCUT2D eigenvalue weighted by Crippen LogP contribution is -2.20. The fourth-order valence-corrected chi connectivity index (χ4v) is 3.99. The molecule has 0 aliphatic rings. The monoisotopic (exact) mass is 437 g/mol. The molecule has 0 atom stereocenters. The predicted octanol–water partition coefficient (Wildman–Crippen LogP) is 4.85. The number of ether oxygens (including phenoxy) is 1. The van der Waals surface area contributed by atoms with Crippen LogP contribution in [0.2, 0.25) is 0 Å². The molecule has 0 radical (unpaired) electrons. The Kier molecular flexibility index (Phi) is 5.14. The molecule has 0 amide bonds. The molecule has 0 aliphatic heterocycles. The highest BCUT2D eigenvalue weighted by Crippen LogP contribution is 2.32. The molecular formula is C26H23N5O2. The summed E-state index contributed by atoms with van der Waals surface area (Å²) in [6.07, 6.45) is 0. The summed E-state index contributed by atoms with van der Waals surface area (Å²) >= 11 is 0. The fourth-order valence-electron chi connectivity index (χ4n) is 3.99. The molecule has 0 unspecified atom stereocenters. The van der Waals surface area contributed by atoms with E-state index < -0.39 is 0 Å². The van der Waals surface area contributed by atoms with E-state index in [0.717, 1.165) is 39.2 Å². The molecule has 3 aromatic carbocycles. The van der Waals surface area contributed by atoms with Crippen LogP contribution in [0.3, 0.4) is 0 Å². The van der Waals surface area contributed by atoms with Gasteiger partial charge in [0, 0.05) is 23.4 Å². The smallest absolute Gasteiger partial charge is 0.295 e. The number of anilines is 2. The molecule has 7 nitrogen and oxygen atoms in total. The highest BCUT2D eigenvalue weighted by Gasteiger charge is 2.18. The van der Waals surface area contributed by atoms with E-state index >= 15 is 0 Å². The minimum absolute atomic E-state index is 0.147. The molecule has 0 aliphatic carbocycles. The van der Waals surface area contributed by atoms with Gasteiger partial charge in [0.25, 0.3) is 5.56 Å². The second kappa shape index (κ2) is 8.27. The van der Waals surface area contributed by atoms with Crippen molar-refractivity contribution < 1.29 is 4.74 Å². The maximum absolute atomic E-state index is 13.3. The minimum atomic E-state index is -0.147. The van der Waals surface area contributed by atoms with Gasteiger partial charge in [0.05, 0.1) is 18.5 Å². The van der Waals surface area contributed by atoms with E-state index in [1.54, 1.807) is 11.8 Å². The van der Waals surface area contributed by atoms with Crippen LogP contribution < -0.4 is 15.6 Å². The number of rotatable bonds is 5. The van der Waals surface area contributed by atoms with Gasteiger partial charge in [-0.1, -0.05) is 42.5 Å². The van der Waals surface area contributed by atoms with Gasteiger partial charge in [-0.15, -0.1) is 10.2 Å². The van der Waals surface area contributed by atoms with Crippen LogP contribution >= 0.6 is 0 Å². The van der Waals surface area contributed by atoms with Crippen LogP contribution in [0.15, 0.2) is 83.7 Å². The van der Waals surface area contributed by atoms with Gasteiger partial charge in [0.2, 0.25) is 0 Å². The molecule has 0 saturated heterocycles. The van der Waals surface area contributed by atoms with Gasteiger partial charge in [0.15, 0.2) is 5.82 Å². The summed E-state index contributed by atoms with van der Waals surface area (Å²) < 4.78 is 8.74. The van der Waals surface area contributed by atoms with E-state index in [9.17, 15) is 4.79 Å². The summed E-state index contributed by atoms with van der Waals surface area (Å²) in [4.78, 5) is 13.3. The quantitative estimate of drug-likeness (QED) is 0.426. The van der Waals surface area contributed by atoms with Crippen LogP contribution in [0.1, 0.15) is 5.69 Å². The molecule has 2 heterocycles. The number of methoxy groups -OCH3 is 1. The van der Waals surface area contributed by atoms with Crippen molar-refractivity contribution in [2.45, 2.75) is 6.92 Å². The van der Waals surface area contributed by atoms with Crippen molar-refractivity contribution in [1.29, 1.82) is 0 Å². The molecule has 0 fully saturated rings. The Balaban J connectivity index is 1.61. The largest absolute Gasteiger partial charge is 0.497 e. The Bertz CT molecular complexity index is 1500. The van der Waals surface area contributed by atoms with Gasteiger partial charge in [0.1, 0.15) is 17.1 Å². The Morgan fingerprint density at radius 2 is 1.52 bits per heavy atom. The third-order valence-corrected chi connectivity index (χ3v) is 5.85. The van der Waals surface area contributed by atoms with Gasteiger partial charge < -0.3 is 10.1 Å². The SMILES string of the molecule is COc1ccc(-c2nnc(Nc3c(C)n(C)n(-c4ccccc4)c3=O)c3ccccc23)cc1. The first kappa shape index (κ1) is 20.5. The Labute approximate surface area is 190 Å². The first-order valence-electron chi connectivity index (χ1n) is 10.6. The van der Waals surface area contributed by atoms with Crippen LogP contribution in [-0.4, -0.2) is 26.7 Å². The maximum Gasteiger partial charge on any atom is 0.295 e. The summed E-state index contributed by atoms with van der Waals surface area (Å²) in [5.41, 5.74) is 3.63. The molecule has 0 spiro atoms. The lowest BCUT2D eigenvalue weighted by atomic mass is 10.0. The van der Waals surface area contributed by atoms with Crippen molar-refractivity contribution in [3.63, 3.8) is 0 Å². The lowest BCUT2D eigenvalue weighted by molar-refractivity contribution is 0.415. The number of hydrogen-bond donors (Lipinski definition) is 1. The van der Waals surface area contributed by atoms with E-state index in [1.165, 1.54) is 0 Å². The van der Waals surface area contributed by atoms with E-state index in [1.807, 2.05) is 97.5 Å². The number of aromatic nitrogens is 4. The lowest BCUT2D eigenvalue weighted by Gasteiger charge is -2.11. The molecule has 7 heteroatoms. The van der Waals surface area contributed by atoms with Crippen molar-refractivity contribution in [3.8, 4) is 22.7 Å². The van der Waals surface area contributed by atoms with Crippen molar-refractivity contribution in [2.24, 2.45) is 7.05 Å². The Morgan fingerprint density at radius 1 is 0.848 bits per heavy atom. The van der Waals surface area contributed by atoms with Crippen LogP contribution in [0.5, 0.6) is 5.75 Å². The fraction of sp³-hybridized carbons (Fsp3) is 0.115. The second-order valence-electron chi connectivity index (χ2n) is 7.73. The summed E-state index contributed by atoms with van der Waals surface area (Å²) in [5, 5.41) is 14.1. The van der Waals surface area contributed by atoms with Crippen LogP contribution in [0.25, 0.3) is 27.7 Å². The Hall–Kier alpha value is -4.39. The summed E-state index contributed by atoms with van der Waals surface area (Å²) in [6, 6.07) is 25.2. The molecule has 5 rings (SSSR count). The first-order chi connectivity index (χ1) is 16.1. The zero-order valence-corrected chi connectivity index (χ0v) is 18.6. The van der Waals surface area contributed by atoms with Crippen molar-refractivity contribution in [2.75, 3.05) is 12.4 Å². The topological polar surface area (TPSA) is 74.0 Å². The molecule has 0 saturated carbocycles. The average molecular weight is 438 g/mol. The third kappa shape index (κ3) is 3.53. The Morgan fingerprint density at radius 3 is 2.21 bits per heavy atom. The van der Waals surface area contributed by atoms with E-state index in [-0.39, 0.29) is 5.56 Å². The first-order valence-corrected chi connectivity index (χ1v) is 10.6. The molecule has 164 valence electrons. The average Bonchev–Trinajstić information content (AvgIpc) is 3.07. The van der Waals surface area contributed by atoms with Crippen LogP contribution in [0, 0.1) is 6.92 Å². The normalized spacial score (nSPS) is 11.0. The van der Waals surface area contributed by atoms with E-state index in [0.29, 0.717) is 11.5 Å². The number of benzene rings is 3. The van der Waals surface area contributed by atoms with Gasteiger partial charge in [-0.3, -0.25) is 9.48 Å². The zero-order valence-electron chi connectivity index (χ0n) is 18.6. The van der Waals surface area contributed by atoms with Crippen molar-refractivity contribution in [3.05, 3.63) is 94.9 Å². The highest BCUT2D eigenvalue weighted by molar-refractivity contribution is 6.00. The van der Waals surface area contributed by atoms with E-state index in [4.69, 9.17) is 4.74 Å². The number of hydrogen-bond acceptors (Lipinski definition) is 5. The second-order valence-corrected chi connectivity index (χ2v) is 7.73. The summed E-state index contributed by atoms with van der Waals surface area (Å²) in [6.45, 7) is 1.91. The highest BCUT2D eigenvalue weighted by atomic mass is 16.5. The number of para-hydroxylation sites is 1. The number of nitrogens with zero attached hydrogens (tertiary/aromatic N) is 4. The summed E-state index contributed by atoms with van der Waals surface area (Å²) in [5.74, 6) is 1.32. The third-order valence-electron chi connectivity index (χ3n) is 5.85. The van der Waals surface area contributed by atoms with Gasteiger partial charge >= 0.3 is 0 Å². The molecular weight excluding hydrogens is 414 g/mol. The molecule has 5 aromatic rings. The zero-order chi connectivity index (χ0) is 22.9. The molecule has 33 heavy (non-hydrogen) atoms. The predicted molar refractivity (Wildman–Crippen MR) is 131 cm³/mol. The number of fused-ring (bicyclic) bond motifs is 1. The van der Waals surface area contributed by atoms with Gasteiger partial charge in [-0.05, 0) is 43.3 Å². The van der Waals surface area contributed by atoms with Crippen molar-refractivity contribution >= 4 is 22.3 Å². The maximum atomic E-state index is 13.3. The summed E-state index contributed by atoms with van der Waals surface area (Å²) in [7, 11) is 3.51. The van der Waals surface area contributed by atoms with Gasteiger partial charge in [-0.2, -0.15) is 0 Å². The van der Waals surface area contributed by atoms with Gasteiger partial charge in [-0.25, -0.2) is 4.68 Å². The standard InChI is InChI=1S/C26H23N5O2/c1-17-23(26(32)31(30(17)2)19-9-5-4-6-10-19)27-25-22-12-8-7-11-21(22)24(28-29-25)18-13-15-20(33-3)16-14-18/h4-16H,1-3H3,(H,27,29). The molecule has 2 aromatic heterocycles. The van der Waals surface area contributed by atoms with Crippen LogP contribution in [-0.2, 0) is 7.05 Å². The van der Waals surface area contributed by atoms with Crippen LogP contribution in [0.4, 0.5) is 11.5 Å². The number of nitrogens with one attached hydrogen (secondary N) is 1. The van der Waals surface area contributed by atoms with E-state index in [2.05, 4.69) is 15.5 Å². The molecule has 0 bridgehead atoms.